The van der Waals surface area contributed by atoms with Gasteiger partial charge in [0.15, 0.2) is 0 Å². The molecule has 0 unspecified atom stereocenters. The fourth-order valence-corrected chi connectivity index (χ4v) is 1.59. The summed E-state index contributed by atoms with van der Waals surface area (Å²) in [5.74, 6) is -0.215. The number of carbonyl (C=O) groups is 1. The number of nitrogens with two attached hydrogens (primary N) is 1. The third-order valence-corrected chi connectivity index (χ3v) is 3.26. The molecule has 1 saturated heterocycles. The summed E-state index contributed by atoms with van der Waals surface area (Å²) in [5, 5.41) is 7.97. The van der Waals surface area contributed by atoms with Crippen LogP contribution in [0.4, 0.5) is 0 Å². The van der Waals surface area contributed by atoms with Gasteiger partial charge in [-0.3, -0.25) is 4.79 Å². The maximum atomic E-state index is 11.6. The normalized spacial score (nSPS) is 18.2. The summed E-state index contributed by atoms with van der Waals surface area (Å²) in [6.45, 7) is 2.50. The minimum Gasteiger partial charge on any atom is -0.339 e. The van der Waals surface area contributed by atoms with Gasteiger partial charge in [0.05, 0.1) is 6.54 Å². The zero-order valence-corrected chi connectivity index (χ0v) is 9.46. The Balaban J connectivity index is 2.47. The summed E-state index contributed by atoms with van der Waals surface area (Å²) in [5.41, 5.74) is 0. The molecule has 1 aliphatic heterocycles. The van der Waals surface area contributed by atoms with Gasteiger partial charge in [0, 0.05) is 33.2 Å². The molecule has 15 heavy (non-hydrogen) atoms. The van der Waals surface area contributed by atoms with Crippen molar-refractivity contribution in [2.45, 2.75) is 0 Å². The highest BCUT2D eigenvalue weighted by atomic mass is 32.2. The number of piperazine rings is 1. The summed E-state index contributed by atoms with van der Waals surface area (Å²) < 4.78 is 22.6. The molecule has 0 aromatic heterocycles. The van der Waals surface area contributed by atoms with E-state index in [1.165, 1.54) is 7.05 Å². The Labute approximate surface area is 89.4 Å². The minimum atomic E-state index is -3.77. The molecule has 0 aromatic carbocycles. The molecule has 7 nitrogen and oxygen atoms in total. The van der Waals surface area contributed by atoms with E-state index in [4.69, 9.17) is 5.14 Å². The van der Waals surface area contributed by atoms with E-state index in [9.17, 15) is 13.2 Å². The Morgan fingerprint density at radius 1 is 1.47 bits per heavy atom. The van der Waals surface area contributed by atoms with Crippen LogP contribution in [-0.4, -0.2) is 63.3 Å². The first-order valence-electron chi connectivity index (χ1n) is 4.64. The van der Waals surface area contributed by atoms with Gasteiger partial charge in [0.25, 0.3) is 10.2 Å². The quantitative estimate of drug-likeness (QED) is 0.569. The standard InChI is InChI=1S/C7H16N4O3S/c1-10(15(8,13)14)6-7(12)11-4-2-9-3-5-11/h9H,2-6H2,1H3,(H2,8,13,14). The van der Waals surface area contributed by atoms with Crippen molar-refractivity contribution in [2.75, 3.05) is 39.8 Å². The molecule has 0 aliphatic carbocycles. The number of hydrogen-bond donors (Lipinski definition) is 2. The molecule has 0 bridgehead atoms. The maximum Gasteiger partial charge on any atom is 0.277 e. The van der Waals surface area contributed by atoms with Crippen LogP contribution < -0.4 is 10.5 Å². The molecule has 1 fully saturated rings. The third-order valence-electron chi connectivity index (χ3n) is 2.26. The molecule has 0 spiro atoms. The number of hydrogen-bond acceptors (Lipinski definition) is 4. The number of nitrogens with one attached hydrogen (secondary N) is 1. The molecule has 88 valence electrons. The van der Waals surface area contributed by atoms with Crippen LogP contribution in [0.3, 0.4) is 0 Å². The van der Waals surface area contributed by atoms with Crippen LogP contribution in [0.15, 0.2) is 0 Å². The van der Waals surface area contributed by atoms with Crippen molar-refractivity contribution in [3.05, 3.63) is 0 Å². The Hall–Kier alpha value is -0.700. The topological polar surface area (TPSA) is 95.7 Å². The summed E-state index contributed by atoms with van der Waals surface area (Å²) in [6, 6.07) is 0. The van der Waals surface area contributed by atoms with Crippen LogP contribution in [0.1, 0.15) is 0 Å². The first kappa shape index (κ1) is 12.4. The van der Waals surface area contributed by atoms with E-state index >= 15 is 0 Å². The average molecular weight is 236 g/mol. The van der Waals surface area contributed by atoms with Crippen molar-refractivity contribution in [1.29, 1.82) is 0 Å². The minimum absolute atomic E-state index is 0.196. The van der Waals surface area contributed by atoms with Gasteiger partial charge in [-0.25, -0.2) is 5.14 Å². The lowest BCUT2D eigenvalue weighted by molar-refractivity contribution is -0.131. The van der Waals surface area contributed by atoms with Crippen LogP contribution in [0.25, 0.3) is 0 Å². The van der Waals surface area contributed by atoms with E-state index in [1.54, 1.807) is 4.90 Å². The molecule has 1 rings (SSSR count). The van der Waals surface area contributed by atoms with Gasteiger partial charge in [0.1, 0.15) is 0 Å². The molecular weight excluding hydrogens is 220 g/mol. The van der Waals surface area contributed by atoms with Crippen molar-refractivity contribution in [2.24, 2.45) is 5.14 Å². The van der Waals surface area contributed by atoms with Gasteiger partial charge in [-0.1, -0.05) is 0 Å². The fraction of sp³-hybridized carbons (Fsp3) is 0.857. The first-order chi connectivity index (χ1) is 6.91. The van der Waals surface area contributed by atoms with Gasteiger partial charge in [-0.15, -0.1) is 0 Å². The highest BCUT2D eigenvalue weighted by Gasteiger charge is 2.21. The Morgan fingerprint density at radius 3 is 2.47 bits per heavy atom. The monoisotopic (exact) mass is 236 g/mol. The van der Waals surface area contributed by atoms with E-state index in [0.717, 1.165) is 17.4 Å². The van der Waals surface area contributed by atoms with E-state index in [0.29, 0.717) is 13.1 Å². The zero-order chi connectivity index (χ0) is 11.5. The molecular formula is C7H16N4O3S. The van der Waals surface area contributed by atoms with E-state index in [1.807, 2.05) is 0 Å². The Morgan fingerprint density at radius 2 is 2.00 bits per heavy atom. The van der Waals surface area contributed by atoms with Crippen molar-refractivity contribution in [1.82, 2.24) is 14.5 Å². The van der Waals surface area contributed by atoms with E-state index in [-0.39, 0.29) is 12.5 Å². The molecule has 1 amide bonds. The molecule has 1 heterocycles. The lowest BCUT2D eigenvalue weighted by atomic mass is 10.3. The first-order valence-corrected chi connectivity index (χ1v) is 6.14. The number of likely N-dealkylation sites (N-methyl/N-ethyl adjacent to an activating group) is 1. The molecule has 0 atom stereocenters. The van der Waals surface area contributed by atoms with Crippen molar-refractivity contribution < 1.29 is 13.2 Å². The molecule has 0 aromatic rings. The number of amides is 1. The third kappa shape index (κ3) is 3.74. The van der Waals surface area contributed by atoms with Gasteiger partial charge in [-0.2, -0.15) is 12.7 Å². The van der Waals surface area contributed by atoms with Crippen LogP contribution in [0.2, 0.25) is 0 Å². The smallest absolute Gasteiger partial charge is 0.277 e. The predicted molar refractivity (Wildman–Crippen MR) is 55.2 cm³/mol. The Kier molecular flexibility index (Phi) is 4.03. The summed E-state index contributed by atoms with van der Waals surface area (Å²) in [4.78, 5) is 13.2. The van der Waals surface area contributed by atoms with Crippen LogP contribution in [0, 0.1) is 0 Å². The largest absolute Gasteiger partial charge is 0.339 e. The van der Waals surface area contributed by atoms with Gasteiger partial charge in [-0.05, 0) is 0 Å². The molecule has 8 heteroatoms. The van der Waals surface area contributed by atoms with Gasteiger partial charge < -0.3 is 10.2 Å². The second kappa shape index (κ2) is 4.88. The lowest BCUT2D eigenvalue weighted by Crippen LogP contribution is -2.50. The Bertz CT molecular complexity index is 323. The average Bonchev–Trinajstić information content (AvgIpc) is 2.17. The van der Waals surface area contributed by atoms with Crippen molar-refractivity contribution >= 4 is 16.1 Å². The fourth-order valence-electron chi connectivity index (χ4n) is 1.29. The highest BCUT2D eigenvalue weighted by Crippen LogP contribution is 1.97. The second-order valence-corrected chi connectivity index (χ2v) is 5.09. The number of nitrogens with zero attached hydrogens (tertiary/aromatic N) is 2. The zero-order valence-electron chi connectivity index (χ0n) is 8.64. The molecule has 3 N–H and O–H groups in total. The number of rotatable bonds is 3. The lowest BCUT2D eigenvalue weighted by Gasteiger charge is -2.28. The predicted octanol–water partition coefficient (Wildman–Crippen LogP) is -2.45. The van der Waals surface area contributed by atoms with Gasteiger partial charge in [0.2, 0.25) is 5.91 Å². The maximum absolute atomic E-state index is 11.6. The summed E-state index contributed by atoms with van der Waals surface area (Å²) in [7, 11) is -2.48. The van der Waals surface area contributed by atoms with Crippen molar-refractivity contribution in [3.63, 3.8) is 0 Å². The summed E-state index contributed by atoms with van der Waals surface area (Å²) in [6.07, 6.45) is 0. The highest BCUT2D eigenvalue weighted by molar-refractivity contribution is 7.86. The SMILES string of the molecule is CN(CC(=O)N1CCNCC1)S(N)(=O)=O. The van der Waals surface area contributed by atoms with Crippen LogP contribution >= 0.6 is 0 Å². The van der Waals surface area contributed by atoms with Gasteiger partial charge >= 0.3 is 0 Å². The van der Waals surface area contributed by atoms with E-state index in [2.05, 4.69) is 5.32 Å². The van der Waals surface area contributed by atoms with Crippen LogP contribution in [-0.2, 0) is 15.0 Å². The van der Waals surface area contributed by atoms with Crippen LogP contribution in [0.5, 0.6) is 0 Å². The second-order valence-electron chi connectivity index (χ2n) is 3.43. The molecule has 0 saturated carbocycles. The van der Waals surface area contributed by atoms with Crippen molar-refractivity contribution in [3.8, 4) is 0 Å². The summed E-state index contributed by atoms with van der Waals surface area (Å²) >= 11 is 0. The molecule has 0 radical (unpaired) electrons. The van der Waals surface area contributed by atoms with E-state index < -0.39 is 10.2 Å². The number of carbonyl (C=O) groups excluding carboxylic acids is 1. The molecule has 1 aliphatic rings.